The second kappa shape index (κ2) is 5.01. The first-order valence-electron chi connectivity index (χ1n) is 6.53. The molecule has 1 unspecified atom stereocenters. The topological polar surface area (TPSA) is 20.2 Å². The minimum Gasteiger partial charge on any atom is -0.392 e. The van der Waals surface area contributed by atoms with Crippen LogP contribution in [0.25, 0.3) is 0 Å². The zero-order valence-corrected chi connectivity index (χ0v) is 10.2. The summed E-state index contributed by atoms with van der Waals surface area (Å²) in [5.41, 5.74) is 1.37. The Kier molecular flexibility index (Phi) is 3.65. The highest BCUT2D eigenvalue weighted by Gasteiger charge is 2.39. The van der Waals surface area contributed by atoms with Crippen molar-refractivity contribution in [3.05, 3.63) is 35.9 Å². The number of aliphatic hydroxyl groups excluding tert-OH is 1. The molecule has 1 heteroatoms. The molecule has 0 amide bonds. The Morgan fingerprint density at radius 2 is 1.75 bits per heavy atom. The molecule has 0 aliphatic heterocycles. The zero-order chi connectivity index (χ0) is 11.4. The van der Waals surface area contributed by atoms with Gasteiger partial charge in [0, 0.05) is 5.41 Å². The fraction of sp³-hybridized carbons (Fsp3) is 0.600. The molecule has 1 aliphatic rings. The van der Waals surface area contributed by atoms with E-state index < -0.39 is 0 Å². The number of aliphatic hydroxyl groups is 1. The average molecular weight is 218 g/mol. The molecule has 1 fully saturated rings. The Morgan fingerprint density at radius 1 is 1.12 bits per heavy atom. The van der Waals surface area contributed by atoms with E-state index in [0.29, 0.717) is 0 Å². The van der Waals surface area contributed by atoms with Crippen molar-refractivity contribution in [2.24, 2.45) is 0 Å². The van der Waals surface area contributed by atoms with Gasteiger partial charge in [0.05, 0.1) is 6.10 Å². The van der Waals surface area contributed by atoms with Crippen molar-refractivity contribution in [2.75, 3.05) is 0 Å². The first-order valence-corrected chi connectivity index (χ1v) is 6.53. The molecule has 2 rings (SSSR count). The van der Waals surface area contributed by atoms with Crippen molar-refractivity contribution in [3.63, 3.8) is 0 Å². The van der Waals surface area contributed by atoms with E-state index in [9.17, 15) is 5.11 Å². The monoisotopic (exact) mass is 218 g/mol. The first-order chi connectivity index (χ1) is 7.79. The van der Waals surface area contributed by atoms with E-state index in [2.05, 4.69) is 37.3 Å². The molecule has 1 aliphatic carbocycles. The standard InChI is InChI=1S/C15H22O/c1-2-14(16)15(11-7-4-8-12-15)13-9-5-3-6-10-13/h3,5-6,9-10,14,16H,2,4,7-8,11-12H2,1H3. The maximum atomic E-state index is 10.4. The van der Waals surface area contributed by atoms with E-state index in [-0.39, 0.29) is 11.5 Å². The highest BCUT2D eigenvalue weighted by Crippen LogP contribution is 2.42. The van der Waals surface area contributed by atoms with E-state index >= 15 is 0 Å². The molecule has 0 saturated heterocycles. The zero-order valence-electron chi connectivity index (χ0n) is 10.2. The van der Waals surface area contributed by atoms with Gasteiger partial charge in [-0.25, -0.2) is 0 Å². The van der Waals surface area contributed by atoms with Crippen LogP contribution in [-0.2, 0) is 5.41 Å². The number of benzene rings is 1. The highest BCUT2D eigenvalue weighted by atomic mass is 16.3. The summed E-state index contributed by atoms with van der Waals surface area (Å²) in [6.45, 7) is 2.09. The Bertz CT molecular complexity index is 311. The molecular formula is C15H22O. The minimum atomic E-state index is -0.185. The maximum Gasteiger partial charge on any atom is 0.0634 e. The van der Waals surface area contributed by atoms with E-state index in [0.717, 1.165) is 19.3 Å². The van der Waals surface area contributed by atoms with Crippen LogP contribution in [0.5, 0.6) is 0 Å². The molecule has 1 atom stereocenters. The molecule has 0 heterocycles. The third-order valence-electron chi connectivity index (χ3n) is 4.12. The van der Waals surface area contributed by atoms with E-state index in [1.54, 1.807) is 0 Å². The van der Waals surface area contributed by atoms with Crippen LogP contribution in [0.1, 0.15) is 51.0 Å². The molecular weight excluding hydrogens is 196 g/mol. The number of hydrogen-bond acceptors (Lipinski definition) is 1. The summed E-state index contributed by atoms with van der Waals surface area (Å²) >= 11 is 0. The van der Waals surface area contributed by atoms with Crippen molar-refractivity contribution in [1.29, 1.82) is 0 Å². The SMILES string of the molecule is CCC(O)C1(c2ccccc2)CCCCC1. The summed E-state index contributed by atoms with van der Waals surface area (Å²) < 4.78 is 0. The van der Waals surface area contributed by atoms with Gasteiger partial charge >= 0.3 is 0 Å². The Hall–Kier alpha value is -0.820. The minimum absolute atomic E-state index is 0.0360. The van der Waals surface area contributed by atoms with Gasteiger partial charge < -0.3 is 5.11 Å². The van der Waals surface area contributed by atoms with Crippen molar-refractivity contribution in [2.45, 2.75) is 57.0 Å². The molecule has 1 saturated carbocycles. The van der Waals surface area contributed by atoms with Gasteiger partial charge in [0.25, 0.3) is 0 Å². The fourth-order valence-electron chi connectivity index (χ4n) is 3.16. The normalized spacial score (nSPS) is 21.6. The molecule has 0 radical (unpaired) electrons. The predicted octanol–water partition coefficient (Wildman–Crippen LogP) is 3.66. The summed E-state index contributed by atoms with van der Waals surface area (Å²) in [7, 11) is 0. The Balaban J connectivity index is 2.34. The van der Waals surface area contributed by atoms with E-state index in [4.69, 9.17) is 0 Å². The molecule has 1 aromatic carbocycles. The Morgan fingerprint density at radius 3 is 2.31 bits per heavy atom. The van der Waals surface area contributed by atoms with Gasteiger partial charge in [0.1, 0.15) is 0 Å². The largest absolute Gasteiger partial charge is 0.392 e. The lowest BCUT2D eigenvalue weighted by atomic mass is 9.65. The molecule has 0 aromatic heterocycles. The fourth-order valence-corrected chi connectivity index (χ4v) is 3.16. The van der Waals surface area contributed by atoms with Gasteiger partial charge in [-0.05, 0) is 24.8 Å². The summed E-state index contributed by atoms with van der Waals surface area (Å²) in [4.78, 5) is 0. The molecule has 0 spiro atoms. The summed E-state index contributed by atoms with van der Waals surface area (Å²) in [6, 6.07) is 10.6. The lowest BCUT2D eigenvalue weighted by molar-refractivity contribution is 0.0508. The smallest absolute Gasteiger partial charge is 0.0634 e. The van der Waals surface area contributed by atoms with Crippen LogP contribution in [0.3, 0.4) is 0 Å². The number of rotatable bonds is 3. The van der Waals surface area contributed by atoms with Crippen LogP contribution in [0.15, 0.2) is 30.3 Å². The summed E-state index contributed by atoms with van der Waals surface area (Å²) in [6.07, 6.45) is 6.80. The van der Waals surface area contributed by atoms with E-state index in [1.165, 1.54) is 24.8 Å². The van der Waals surface area contributed by atoms with Crippen molar-refractivity contribution < 1.29 is 5.11 Å². The van der Waals surface area contributed by atoms with Gasteiger partial charge in [-0.2, -0.15) is 0 Å². The predicted molar refractivity (Wildman–Crippen MR) is 67.5 cm³/mol. The van der Waals surface area contributed by atoms with Crippen molar-refractivity contribution in [3.8, 4) is 0 Å². The molecule has 1 N–H and O–H groups in total. The lowest BCUT2D eigenvalue weighted by Gasteiger charge is -2.41. The van der Waals surface area contributed by atoms with Crippen LogP contribution in [0.4, 0.5) is 0 Å². The second-order valence-corrected chi connectivity index (χ2v) is 5.01. The van der Waals surface area contributed by atoms with Crippen molar-refractivity contribution >= 4 is 0 Å². The second-order valence-electron chi connectivity index (χ2n) is 5.01. The molecule has 1 aromatic rings. The molecule has 88 valence electrons. The van der Waals surface area contributed by atoms with Crippen LogP contribution >= 0.6 is 0 Å². The van der Waals surface area contributed by atoms with Gasteiger partial charge in [0.2, 0.25) is 0 Å². The third kappa shape index (κ3) is 2.01. The maximum absolute atomic E-state index is 10.4. The molecule has 16 heavy (non-hydrogen) atoms. The molecule has 1 nitrogen and oxygen atoms in total. The van der Waals surface area contributed by atoms with E-state index in [1.807, 2.05) is 0 Å². The summed E-state index contributed by atoms with van der Waals surface area (Å²) in [5, 5.41) is 10.4. The summed E-state index contributed by atoms with van der Waals surface area (Å²) in [5.74, 6) is 0. The van der Waals surface area contributed by atoms with Gasteiger partial charge in [-0.15, -0.1) is 0 Å². The van der Waals surface area contributed by atoms with Crippen LogP contribution in [0, 0.1) is 0 Å². The van der Waals surface area contributed by atoms with Gasteiger partial charge in [-0.1, -0.05) is 56.5 Å². The van der Waals surface area contributed by atoms with Crippen molar-refractivity contribution in [1.82, 2.24) is 0 Å². The van der Waals surface area contributed by atoms with Crippen LogP contribution in [0.2, 0.25) is 0 Å². The lowest BCUT2D eigenvalue weighted by Crippen LogP contribution is -2.41. The third-order valence-corrected chi connectivity index (χ3v) is 4.12. The first kappa shape index (κ1) is 11.7. The highest BCUT2D eigenvalue weighted by molar-refractivity contribution is 5.27. The Labute approximate surface area is 98.5 Å². The quantitative estimate of drug-likeness (QED) is 0.821. The number of hydrogen-bond donors (Lipinski definition) is 1. The van der Waals surface area contributed by atoms with Crippen LogP contribution < -0.4 is 0 Å². The molecule has 0 bridgehead atoms. The van der Waals surface area contributed by atoms with Gasteiger partial charge in [0.15, 0.2) is 0 Å². The van der Waals surface area contributed by atoms with Crippen LogP contribution in [-0.4, -0.2) is 11.2 Å². The van der Waals surface area contributed by atoms with Gasteiger partial charge in [-0.3, -0.25) is 0 Å². The average Bonchev–Trinajstić information content (AvgIpc) is 2.39.